The monoisotopic (exact) mass is 283 g/mol. The molecular weight excluding hydrogens is 262 g/mol. The minimum Gasteiger partial charge on any atom is -0.481 e. The Kier molecular flexibility index (Phi) is 4.96. The average molecular weight is 283 g/mol. The van der Waals surface area contributed by atoms with Crippen molar-refractivity contribution >= 4 is 17.3 Å². The molecule has 3 unspecified atom stereocenters. The van der Waals surface area contributed by atoms with E-state index < -0.39 is 11.9 Å². The van der Waals surface area contributed by atoms with Gasteiger partial charge in [0.2, 0.25) is 0 Å². The lowest BCUT2D eigenvalue weighted by atomic mass is 9.99. The molecule has 0 amide bonds. The molecule has 1 saturated heterocycles. The van der Waals surface area contributed by atoms with E-state index in [0.29, 0.717) is 19.3 Å². The van der Waals surface area contributed by atoms with Crippen LogP contribution in [0.4, 0.5) is 0 Å². The Morgan fingerprint density at radius 1 is 1.58 bits per heavy atom. The predicted molar refractivity (Wildman–Crippen MR) is 75.5 cm³/mol. The number of ether oxygens (including phenoxy) is 1. The minimum atomic E-state index is -0.748. The highest BCUT2D eigenvalue weighted by Gasteiger charge is 2.40. The summed E-state index contributed by atoms with van der Waals surface area (Å²) in [5, 5.41) is 11.4. The van der Waals surface area contributed by atoms with Crippen LogP contribution in [0, 0.1) is 5.92 Å². The zero-order valence-electron chi connectivity index (χ0n) is 11.4. The van der Waals surface area contributed by atoms with Crippen molar-refractivity contribution in [3.8, 4) is 0 Å². The summed E-state index contributed by atoms with van der Waals surface area (Å²) in [7, 11) is 0. The van der Waals surface area contributed by atoms with Gasteiger partial charge in [0, 0.05) is 17.0 Å². The molecule has 1 fully saturated rings. The number of likely N-dealkylation sites (N-methyl/N-ethyl adjacent to an activating group) is 1. The van der Waals surface area contributed by atoms with Crippen molar-refractivity contribution in [1.82, 2.24) is 4.90 Å². The summed E-state index contributed by atoms with van der Waals surface area (Å²) >= 11 is 1.74. The number of nitrogens with zero attached hydrogens (tertiary/aromatic N) is 1. The zero-order chi connectivity index (χ0) is 13.8. The van der Waals surface area contributed by atoms with Gasteiger partial charge in [-0.05, 0) is 24.4 Å². The third-order valence-electron chi connectivity index (χ3n) is 3.82. The highest BCUT2D eigenvalue weighted by Crippen LogP contribution is 2.33. The van der Waals surface area contributed by atoms with E-state index >= 15 is 0 Å². The highest BCUT2D eigenvalue weighted by molar-refractivity contribution is 7.10. The Labute approximate surface area is 118 Å². The summed E-state index contributed by atoms with van der Waals surface area (Å²) in [5.41, 5.74) is 0. The fourth-order valence-electron chi connectivity index (χ4n) is 2.87. The minimum absolute atomic E-state index is 0.0189. The molecule has 0 aliphatic carbocycles. The van der Waals surface area contributed by atoms with Gasteiger partial charge in [-0.3, -0.25) is 9.69 Å². The first kappa shape index (κ1) is 14.5. The number of aliphatic carboxylic acids is 1. The molecule has 0 radical (unpaired) electrons. The van der Waals surface area contributed by atoms with Gasteiger partial charge >= 0.3 is 5.97 Å². The number of hydrogen-bond donors (Lipinski definition) is 1. The van der Waals surface area contributed by atoms with E-state index in [1.807, 2.05) is 0 Å². The summed E-state index contributed by atoms with van der Waals surface area (Å²) < 4.78 is 5.41. The molecule has 5 heteroatoms. The number of hydrogen-bond acceptors (Lipinski definition) is 4. The van der Waals surface area contributed by atoms with Gasteiger partial charge in [-0.15, -0.1) is 11.3 Å². The molecule has 2 heterocycles. The van der Waals surface area contributed by atoms with Crippen LogP contribution in [0.2, 0.25) is 0 Å². The van der Waals surface area contributed by atoms with E-state index in [1.54, 1.807) is 11.3 Å². The quantitative estimate of drug-likeness (QED) is 0.872. The molecule has 0 aromatic carbocycles. The number of carboxylic acid groups (broad SMARTS) is 1. The van der Waals surface area contributed by atoms with Crippen molar-refractivity contribution < 1.29 is 14.6 Å². The Morgan fingerprint density at radius 2 is 2.37 bits per heavy atom. The second-order valence-corrected chi connectivity index (χ2v) is 5.80. The Bertz CT molecular complexity index is 407. The SMILES string of the molecule is CCC(c1cccs1)N(CC)C1COCC1C(=O)O. The highest BCUT2D eigenvalue weighted by atomic mass is 32.1. The van der Waals surface area contributed by atoms with Crippen LogP contribution in [0.5, 0.6) is 0 Å². The maximum Gasteiger partial charge on any atom is 0.310 e. The van der Waals surface area contributed by atoms with Gasteiger partial charge in [-0.2, -0.15) is 0 Å². The van der Waals surface area contributed by atoms with Crippen molar-refractivity contribution in [2.24, 2.45) is 5.92 Å². The van der Waals surface area contributed by atoms with Gasteiger partial charge in [0.05, 0.1) is 19.1 Å². The van der Waals surface area contributed by atoms with E-state index in [-0.39, 0.29) is 6.04 Å². The second-order valence-electron chi connectivity index (χ2n) is 4.82. The third-order valence-corrected chi connectivity index (χ3v) is 4.79. The molecular formula is C14H21NO3S. The van der Waals surface area contributed by atoms with E-state index in [0.717, 1.165) is 13.0 Å². The van der Waals surface area contributed by atoms with Crippen LogP contribution in [0.25, 0.3) is 0 Å². The fourth-order valence-corrected chi connectivity index (χ4v) is 3.80. The first-order valence-electron chi connectivity index (χ1n) is 6.78. The molecule has 3 atom stereocenters. The van der Waals surface area contributed by atoms with Gasteiger partial charge in [-0.1, -0.05) is 19.9 Å². The van der Waals surface area contributed by atoms with Crippen molar-refractivity contribution in [3.63, 3.8) is 0 Å². The van der Waals surface area contributed by atoms with Crippen LogP contribution >= 0.6 is 11.3 Å². The molecule has 4 nitrogen and oxygen atoms in total. The lowest BCUT2D eigenvalue weighted by molar-refractivity contribution is -0.143. The number of carboxylic acids is 1. The Morgan fingerprint density at radius 3 is 2.89 bits per heavy atom. The van der Waals surface area contributed by atoms with Gasteiger partial charge < -0.3 is 9.84 Å². The summed E-state index contributed by atoms with van der Waals surface area (Å²) in [6.45, 7) is 5.93. The predicted octanol–water partition coefficient (Wildman–Crippen LogP) is 2.62. The van der Waals surface area contributed by atoms with E-state index in [1.165, 1.54) is 4.88 Å². The van der Waals surface area contributed by atoms with E-state index in [9.17, 15) is 9.90 Å². The van der Waals surface area contributed by atoms with Crippen LogP contribution in [0.15, 0.2) is 17.5 Å². The lowest BCUT2D eigenvalue weighted by Gasteiger charge is -2.35. The maximum atomic E-state index is 11.3. The summed E-state index contributed by atoms with van der Waals surface area (Å²) in [4.78, 5) is 14.9. The van der Waals surface area contributed by atoms with E-state index in [2.05, 4.69) is 36.3 Å². The molecule has 1 aromatic rings. The van der Waals surface area contributed by atoms with Crippen LogP contribution in [-0.2, 0) is 9.53 Å². The standard InChI is InChI=1S/C14H21NO3S/c1-3-11(13-6-5-7-19-13)15(4-2)12-9-18-8-10(12)14(16)17/h5-7,10-12H,3-4,8-9H2,1-2H3,(H,16,17). The molecule has 106 valence electrons. The van der Waals surface area contributed by atoms with Gasteiger partial charge in [-0.25, -0.2) is 0 Å². The summed E-state index contributed by atoms with van der Waals surface area (Å²) in [5.74, 6) is -1.16. The number of carbonyl (C=O) groups is 1. The van der Waals surface area contributed by atoms with Crippen molar-refractivity contribution in [2.45, 2.75) is 32.4 Å². The normalized spacial score (nSPS) is 24.8. The van der Waals surface area contributed by atoms with Crippen molar-refractivity contribution in [1.29, 1.82) is 0 Å². The number of rotatable bonds is 6. The van der Waals surface area contributed by atoms with Crippen molar-refractivity contribution in [2.75, 3.05) is 19.8 Å². The zero-order valence-corrected chi connectivity index (χ0v) is 12.2. The fraction of sp³-hybridized carbons (Fsp3) is 0.643. The largest absolute Gasteiger partial charge is 0.481 e. The topological polar surface area (TPSA) is 49.8 Å². The first-order chi connectivity index (χ1) is 9.19. The Balaban J connectivity index is 2.20. The summed E-state index contributed by atoms with van der Waals surface area (Å²) in [6.07, 6.45) is 0.983. The molecule has 0 spiro atoms. The van der Waals surface area contributed by atoms with Crippen LogP contribution in [-0.4, -0.2) is 41.8 Å². The molecule has 1 aliphatic heterocycles. The van der Waals surface area contributed by atoms with Crippen LogP contribution in [0.1, 0.15) is 31.2 Å². The summed E-state index contributed by atoms with van der Waals surface area (Å²) in [6, 6.07) is 4.46. The number of thiophene rings is 1. The van der Waals surface area contributed by atoms with Crippen LogP contribution in [0.3, 0.4) is 0 Å². The lowest BCUT2D eigenvalue weighted by Crippen LogP contribution is -2.44. The van der Waals surface area contributed by atoms with Crippen molar-refractivity contribution in [3.05, 3.63) is 22.4 Å². The molecule has 0 saturated carbocycles. The first-order valence-corrected chi connectivity index (χ1v) is 7.66. The van der Waals surface area contributed by atoms with Gasteiger partial charge in [0.25, 0.3) is 0 Å². The molecule has 2 rings (SSSR count). The maximum absolute atomic E-state index is 11.3. The molecule has 19 heavy (non-hydrogen) atoms. The smallest absolute Gasteiger partial charge is 0.310 e. The third kappa shape index (κ3) is 2.99. The van der Waals surface area contributed by atoms with Gasteiger partial charge in [0.1, 0.15) is 0 Å². The molecule has 1 aliphatic rings. The molecule has 1 aromatic heterocycles. The van der Waals surface area contributed by atoms with Gasteiger partial charge in [0.15, 0.2) is 0 Å². The van der Waals surface area contributed by atoms with E-state index in [4.69, 9.17) is 4.74 Å². The van der Waals surface area contributed by atoms with Crippen LogP contribution < -0.4 is 0 Å². The second kappa shape index (κ2) is 6.50. The molecule has 0 bridgehead atoms. The Hall–Kier alpha value is -0.910. The average Bonchev–Trinajstić information content (AvgIpc) is 3.06. The molecule has 1 N–H and O–H groups in total.